The third-order valence-corrected chi connectivity index (χ3v) is 3.65. The van der Waals surface area contributed by atoms with Crippen LogP contribution in [0.1, 0.15) is 41.3 Å². The van der Waals surface area contributed by atoms with Gasteiger partial charge in [-0.05, 0) is 37.1 Å². The van der Waals surface area contributed by atoms with Crippen molar-refractivity contribution in [3.8, 4) is 12.1 Å². The molecule has 4 nitrogen and oxygen atoms in total. The van der Waals surface area contributed by atoms with Crippen molar-refractivity contribution in [3.05, 3.63) is 53.0 Å². The number of aryl methyl sites for hydroxylation is 1. The van der Waals surface area contributed by atoms with Crippen LogP contribution < -0.4 is 5.32 Å². The van der Waals surface area contributed by atoms with Gasteiger partial charge in [-0.3, -0.25) is 0 Å². The molecular weight excluding hydrogens is 250 g/mol. The van der Waals surface area contributed by atoms with E-state index >= 15 is 0 Å². The van der Waals surface area contributed by atoms with E-state index in [0.717, 1.165) is 30.7 Å². The van der Waals surface area contributed by atoms with Crippen LogP contribution in [0.3, 0.4) is 0 Å². The minimum absolute atomic E-state index is 0.206. The van der Waals surface area contributed by atoms with Gasteiger partial charge in [0.2, 0.25) is 0 Å². The first-order valence-electron chi connectivity index (χ1n) is 6.59. The Hall–Kier alpha value is -2.72. The highest BCUT2D eigenvalue weighted by Crippen LogP contribution is 2.33. The van der Waals surface area contributed by atoms with Crippen LogP contribution in [0.15, 0.2) is 34.9 Å². The molecule has 4 heteroatoms. The zero-order chi connectivity index (χ0) is 13.9. The van der Waals surface area contributed by atoms with E-state index in [9.17, 15) is 0 Å². The van der Waals surface area contributed by atoms with E-state index in [2.05, 4.69) is 11.4 Å². The van der Waals surface area contributed by atoms with Gasteiger partial charge in [0, 0.05) is 17.7 Å². The normalized spacial score (nSPS) is 16.8. The maximum absolute atomic E-state index is 9.06. The molecule has 1 aromatic carbocycles. The third kappa shape index (κ3) is 2.13. The van der Waals surface area contributed by atoms with E-state index in [1.54, 1.807) is 18.4 Å². The molecule has 98 valence electrons. The first kappa shape index (κ1) is 12.3. The van der Waals surface area contributed by atoms with Gasteiger partial charge in [-0.1, -0.05) is 0 Å². The molecule has 0 saturated heterocycles. The topological polar surface area (TPSA) is 72.8 Å². The fraction of sp³-hybridized carbons (Fsp3) is 0.250. The maximum Gasteiger partial charge on any atom is 0.109 e. The minimum atomic E-state index is 0.206. The average Bonchev–Trinajstić information content (AvgIpc) is 2.96. The van der Waals surface area contributed by atoms with E-state index in [-0.39, 0.29) is 6.04 Å². The van der Waals surface area contributed by atoms with Crippen LogP contribution in [-0.2, 0) is 6.42 Å². The van der Waals surface area contributed by atoms with Gasteiger partial charge < -0.3 is 9.73 Å². The quantitative estimate of drug-likeness (QED) is 0.899. The monoisotopic (exact) mass is 263 g/mol. The molecule has 20 heavy (non-hydrogen) atoms. The Morgan fingerprint density at radius 1 is 1.15 bits per heavy atom. The van der Waals surface area contributed by atoms with Crippen molar-refractivity contribution in [1.82, 2.24) is 0 Å². The lowest BCUT2D eigenvalue weighted by atomic mass is 9.93. The molecule has 0 saturated carbocycles. The molecule has 0 amide bonds. The molecule has 1 heterocycles. The Kier molecular flexibility index (Phi) is 3.15. The molecular formula is C16H13N3O. The second-order valence-electron chi connectivity index (χ2n) is 4.87. The van der Waals surface area contributed by atoms with Crippen molar-refractivity contribution in [2.75, 3.05) is 5.32 Å². The summed E-state index contributed by atoms with van der Waals surface area (Å²) in [5.41, 5.74) is 2.87. The predicted octanol–water partition coefficient (Wildman–Crippen LogP) is 3.51. The Morgan fingerprint density at radius 2 is 2.00 bits per heavy atom. The van der Waals surface area contributed by atoms with E-state index in [0.29, 0.717) is 11.1 Å². The number of fused-ring (bicyclic) bond motifs is 1. The highest BCUT2D eigenvalue weighted by molar-refractivity contribution is 5.57. The van der Waals surface area contributed by atoms with E-state index in [1.165, 1.54) is 5.56 Å². The van der Waals surface area contributed by atoms with Crippen LogP contribution >= 0.6 is 0 Å². The van der Waals surface area contributed by atoms with Gasteiger partial charge >= 0.3 is 0 Å². The zero-order valence-electron chi connectivity index (χ0n) is 10.9. The lowest BCUT2D eigenvalue weighted by Gasteiger charge is -2.23. The first-order chi connectivity index (χ1) is 9.81. The fourth-order valence-corrected chi connectivity index (χ4v) is 2.66. The smallest absolute Gasteiger partial charge is 0.109 e. The standard InChI is InChI=1S/C16H13N3O/c17-9-11-4-5-13(8-12(11)10-18)19-15-2-1-3-16-14(15)6-7-20-16/h4-8,15,19H,1-3H2. The van der Waals surface area contributed by atoms with Crippen LogP contribution in [-0.4, -0.2) is 0 Å². The van der Waals surface area contributed by atoms with Gasteiger partial charge in [-0.25, -0.2) is 0 Å². The minimum Gasteiger partial charge on any atom is -0.469 e. The van der Waals surface area contributed by atoms with Gasteiger partial charge in [-0.15, -0.1) is 0 Å². The van der Waals surface area contributed by atoms with Crippen molar-refractivity contribution >= 4 is 5.69 Å². The molecule has 1 aromatic heterocycles. The molecule has 0 spiro atoms. The number of anilines is 1. The number of nitrogens with one attached hydrogen (secondary N) is 1. The largest absolute Gasteiger partial charge is 0.469 e. The van der Waals surface area contributed by atoms with Crippen molar-refractivity contribution in [3.63, 3.8) is 0 Å². The number of rotatable bonds is 2. The fourth-order valence-electron chi connectivity index (χ4n) is 2.66. The molecule has 1 N–H and O–H groups in total. The molecule has 0 aliphatic heterocycles. The van der Waals surface area contributed by atoms with Crippen LogP contribution in [0.4, 0.5) is 5.69 Å². The van der Waals surface area contributed by atoms with Crippen molar-refractivity contribution in [2.24, 2.45) is 0 Å². The summed E-state index contributed by atoms with van der Waals surface area (Å²) in [6.45, 7) is 0. The number of furan rings is 1. The van der Waals surface area contributed by atoms with Crippen LogP contribution in [0.5, 0.6) is 0 Å². The summed E-state index contributed by atoms with van der Waals surface area (Å²) in [7, 11) is 0. The number of hydrogen-bond donors (Lipinski definition) is 1. The molecule has 1 aliphatic carbocycles. The highest BCUT2D eigenvalue weighted by Gasteiger charge is 2.22. The Labute approximate surface area is 117 Å². The molecule has 1 atom stereocenters. The van der Waals surface area contributed by atoms with Crippen molar-refractivity contribution < 1.29 is 4.42 Å². The molecule has 1 unspecified atom stereocenters. The number of nitriles is 2. The SMILES string of the molecule is N#Cc1ccc(NC2CCCc3occc32)cc1C#N. The molecule has 2 aromatic rings. The lowest BCUT2D eigenvalue weighted by Crippen LogP contribution is -2.16. The lowest BCUT2D eigenvalue weighted by molar-refractivity contribution is 0.461. The molecule has 0 bridgehead atoms. The summed E-state index contributed by atoms with van der Waals surface area (Å²) in [4.78, 5) is 0. The summed E-state index contributed by atoms with van der Waals surface area (Å²) in [5.74, 6) is 1.04. The van der Waals surface area contributed by atoms with Crippen LogP contribution in [0, 0.1) is 22.7 Å². The van der Waals surface area contributed by atoms with E-state index < -0.39 is 0 Å². The summed E-state index contributed by atoms with van der Waals surface area (Å²) >= 11 is 0. The second-order valence-corrected chi connectivity index (χ2v) is 4.87. The average molecular weight is 263 g/mol. The van der Waals surface area contributed by atoms with Crippen molar-refractivity contribution in [2.45, 2.75) is 25.3 Å². The van der Waals surface area contributed by atoms with Crippen LogP contribution in [0.2, 0.25) is 0 Å². The third-order valence-electron chi connectivity index (χ3n) is 3.65. The highest BCUT2D eigenvalue weighted by atomic mass is 16.3. The Balaban J connectivity index is 1.87. The number of benzene rings is 1. The summed E-state index contributed by atoms with van der Waals surface area (Å²) in [6, 6.07) is 11.5. The first-order valence-corrected chi connectivity index (χ1v) is 6.59. The molecule has 1 aliphatic rings. The van der Waals surface area contributed by atoms with Crippen LogP contribution in [0.25, 0.3) is 0 Å². The van der Waals surface area contributed by atoms with Crippen molar-refractivity contribution in [1.29, 1.82) is 10.5 Å². The number of nitrogens with zero attached hydrogens (tertiary/aromatic N) is 2. The second kappa shape index (κ2) is 5.11. The Morgan fingerprint density at radius 3 is 2.80 bits per heavy atom. The molecule has 0 fully saturated rings. The maximum atomic E-state index is 9.06. The van der Waals surface area contributed by atoms with E-state index in [1.807, 2.05) is 18.2 Å². The van der Waals surface area contributed by atoms with Gasteiger partial charge in [0.25, 0.3) is 0 Å². The van der Waals surface area contributed by atoms with Gasteiger partial charge in [0.1, 0.15) is 17.9 Å². The number of hydrogen-bond acceptors (Lipinski definition) is 4. The predicted molar refractivity (Wildman–Crippen MR) is 73.9 cm³/mol. The molecule has 3 rings (SSSR count). The Bertz CT molecular complexity index is 718. The summed E-state index contributed by atoms with van der Waals surface area (Å²) < 4.78 is 5.47. The van der Waals surface area contributed by atoms with Gasteiger partial charge in [-0.2, -0.15) is 10.5 Å². The summed E-state index contributed by atoms with van der Waals surface area (Å²) in [5, 5.41) is 21.4. The van der Waals surface area contributed by atoms with E-state index in [4.69, 9.17) is 14.9 Å². The van der Waals surface area contributed by atoms with Gasteiger partial charge in [0.05, 0.1) is 23.4 Å². The van der Waals surface area contributed by atoms with Gasteiger partial charge in [0.15, 0.2) is 0 Å². The zero-order valence-corrected chi connectivity index (χ0v) is 10.9. The summed E-state index contributed by atoms with van der Waals surface area (Å²) in [6.07, 6.45) is 4.83. The molecule has 0 radical (unpaired) electrons.